The van der Waals surface area contributed by atoms with E-state index in [1.54, 1.807) is 0 Å². The number of rotatable bonds is 2. The van der Waals surface area contributed by atoms with Crippen molar-refractivity contribution in [1.82, 2.24) is 0 Å². The summed E-state index contributed by atoms with van der Waals surface area (Å²) in [5, 5.41) is 0. The molecule has 4 rings (SSSR count). The Morgan fingerprint density at radius 1 is 0.703 bits per heavy atom. The summed E-state index contributed by atoms with van der Waals surface area (Å²) in [6.45, 7) is 27.2. The van der Waals surface area contributed by atoms with Gasteiger partial charge in [0, 0.05) is 0 Å². The van der Waals surface area contributed by atoms with Crippen LogP contribution in [-0.4, -0.2) is 3.21 Å². The molecule has 0 aliphatic heterocycles. The second-order valence-electron chi connectivity index (χ2n) is 14.9. The van der Waals surface area contributed by atoms with E-state index in [9.17, 15) is 0 Å². The van der Waals surface area contributed by atoms with Crippen molar-refractivity contribution in [3.8, 4) is 11.1 Å². The van der Waals surface area contributed by atoms with Crippen LogP contribution < -0.4 is 0 Å². The number of hydrogen-bond acceptors (Lipinski definition) is 0. The first-order valence-electron chi connectivity index (χ1n) is 13.7. The molecule has 3 heteroatoms. The van der Waals surface area contributed by atoms with E-state index in [1.165, 1.54) is 47.7 Å². The summed E-state index contributed by atoms with van der Waals surface area (Å²) < 4.78 is 1.33. The van der Waals surface area contributed by atoms with E-state index in [4.69, 9.17) is 17.0 Å². The number of halogens is 2. The topological polar surface area (TPSA) is 0 Å². The fourth-order valence-corrected chi connectivity index (χ4v) is 23.1. The molecule has 200 valence electrons. The Morgan fingerprint density at radius 3 is 1.46 bits per heavy atom. The molecule has 0 nitrogen and oxygen atoms in total. The fraction of sp³-hybridized carbons (Fsp3) is 0.500. The zero-order chi connectivity index (χ0) is 28.0. The van der Waals surface area contributed by atoms with Crippen molar-refractivity contribution < 1.29 is 15.9 Å². The third kappa shape index (κ3) is 4.68. The van der Waals surface area contributed by atoms with Gasteiger partial charge in [-0.1, -0.05) is 0 Å². The molecule has 0 amide bonds. The van der Waals surface area contributed by atoms with Crippen molar-refractivity contribution in [2.45, 2.75) is 101 Å². The van der Waals surface area contributed by atoms with Crippen LogP contribution in [0.1, 0.15) is 109 Å². The SMILES string of the molecule is CC1=CC(C(C)(C)C)=C[CH]1[Zr]([Cl])([Cl])(=[C](C)C)[CH]1c2ccc(C(C)(C)C)cc2-c2cc(C(C)(C)C)ccc21. The Bertz CT molecular complexity index is 1340. The van der Waals surface area contributed by atoms with Gasteiger partial charge in [-0.15, -0.1) is 0 Å². The first-order valence-corrected chi connectivity index (χ1v) is 24.1. The van der Waals surface area contributed by atoms with Crippen LogP contribution in [-0.2, 0) is 26.7 Å². The summed E-state index contributed by atoms with van der Waals surface area (Å²) in [7, 11) is 16.4. The van der Waals surface area contributed by atoms with Gasteiger partial charge < -0.3 is 0 Å². The van der Waals surface area contributed by atoms with E-state index in [-0.39, 0.29) is 23.5 Å². The van der Waals surface area contributed by atoms with Gasteiger partial charge in [-0.05, 0) is 0 Å². The van der Waals surface area contributed by atoms with E-state index in [2.05, 4.69) is 132 Å². The van der Waals surface area contributed by atoms with Crippen molar-refractivity contribution in [3.05, 3.63) is 82.0 Å². The van der Waals surface area contributed by atoms with Crippen molar-refractivity contribution >= 4 is 20.2 Å². The zero-order valence-corrected chi connectivity index (χ0v) is 29.0. The molecule has 2 aromatic rings. The number of hydrogen-bond donors (Lipinski definition) is 0. The molecule has 0 fully saturated rings. The predicted octanol–water partition coefficient (Wildman–Crippen LogP) is 11.3. The molecule has 0 aromatic heterocycles. The molecule has 0 N–H and O–H groups in total. The maximum absolute atomic E-state index is 8.22. The molecule has 2 aromatic carbocycles. The molecule has 0 spiro atoms. The molecular weight excluding hydrogens is 571 g/mol. The van der Waals surface area contributed by atoms with Gasteiger partial charge in [0.25, 0.3) is 0 Å². The van der Waals surface area contributed by atoms with Crippen molar-refractivity contribution in [1.29, 1.82) is 0 Å². The first-order chi connectivity index (χ1) is 16.7. The molecule has 1 unspecified atom stereocenters. The van der Waals surface area contributed by atoms with E-state index in [1.807, 2.05) is 0 Å². The number of fused-ring (bicyclic) bond motifs is 3. The summed E-state index contributed by atoms with van der Waals surface area (Å²) in [5.74, 6) is 0. The number of benzene rings is 2. The fourth-order valence-electron chi connectivity index (χ4n) is 6.26. The summed E-state index contributed by atoms with van der Waals surface area (Å²) in [6.07, 6.45) is 4.78. The van der Waals surface area contributed by atoms with Crippen molar-refractivity contribution in [2.24, 2.45) is 5.41 Å². The van der Waals surface area contributed by atoms with Gasteiger partial charge in [-0.3, -0.25) is 0 Å². The van der Waals surface area contributed by atoms with E-state index < -0.39 is 15.9 Å². The van der Waals surface area contributed by atoms with Gasteiger partial charge in [-0.2, -0.15) is 0 Å². The average molecular weight is 617 g/mol. The van der Waals surface area contributed by atoms with Crippen LogP contribution in [0.4, 0.5) is 0 Å². The van der Waals surface area contributed by atoms with Gasteiger partial charge in [0.2, 0.25) is 0 Å². The van der Waals surface area contributed by atoms with Gasteiger partial charge in [0.15, 0.2) is 0 Å². The minimum atomic E-state index is -4.79. The summed E-state index contributed by atoms with van der Waals surface area (Å²) in [5.41, 5.74) is 10.8. The van der Waals surface area contributed by atoms with Crippen LogP contribution in [0.3, 0.4) is 0 Å². The van der Waals surface area contributed by atoms with Gasteiger partial charge in [0.1, 0.15) is 0 Å². The molecule has 2 aliphatic rings. The van der Waals surface area contributed by atoms with Gasteiger partial charge >= 0.3 is 236 Å². The molecule has 2 aliphatic carbocycles. The Morgan fingerprint density at radius 2 is 1.14 bits per heavy atom. The van der Waals surface area contributed by atoms with E-state index in [0.717, 1.165) is 0 Å². The molecular formula is C34H46Cl2Zr. The van der Waals surface area contributed by atoms with Gasteiger partial charge in [0.05, 0.1) is 0 Å². The minimum absolute atomic E-state index is 0.0201. The molecule has 0 radical (unpaired) electrons. The Balaban J connectivity index is 2.09. The second-order valence-corrected chi connectivity index (χ2v) is 36.8. The van der Waals surface area contributed by atoms with Gasteiger partial charge in [-0.25, -0.2) is 0 Å². The van der Waals surface area contributed by atoms with Crippen LogP contribution in [0.5, 0.6) is 0 Å². The summed E-state index contributed by atoms with van der Waals surface area (Å²) >= 11 is -4.79. The van der Waals surface area contributed by atoms with Crippen LogP contribution in [0.25, 0.3) is 11.1 Å². The quantitative estimate of drug-likeness (QED) is 0.315. The van der Waals surface area contributed by atoms with Crippen LogP contribution in [0, 0.1) is 5.41 Å². The monoisotopic (exact) mass is 614 g/mol. The zero-order valence-electron chi connectivity index (χ0n) is 25.0. The third-order valence-electron chi connectivity index (χ3n) is 8.89. The summed E-state index contributed by atoms with van der Waals surface area (Å²) in [4.78, 5) is 0. The van der Waals surface area contributed by atoms with Crippen molar-refractivity contribution in [2.75, 3.05) is 0 Å². The molecule has 1 atom stereocenters. The van der Waals surface area contributed by atoms with Crippen LogP contribution >= 0.6 is 17.0 Å². The Labute approximate surface area is 234 Å². The van der Waals surface area contributed by atoms with Crippen LogP contribution in [0.15, 0.2) is 59.7 Å². The maximum atomic E-state index is 8.22. The molecule has 0 saturated heterocycles. The molecule has 0 bridgehead atoms. The van der Waals surface area contributed by atoms with Crippen molar-refractivity contribution in [3.63, 3.8) is 0 Å². The Hall–Kier alpha value is -0.747. The predicted molar refractivity (Wildman–Crippen MR) is 164 cm³/mol. The van der Waals surface area contributed by atoms with E-state index in [0.29, 0.717) is 0 Å². The van der Waals surface area contributed by atoms with Crippen LogP contribution in [0.2, 0.25) is 3.63 Å². The molecule has 37 heavy (non-hydrogen) atoms. The summed E-state index contributed by atoms with van der Waals surface area (Å²) in [6, 6.07) is 14.2. The van der Waals surface area contributed by atoms with E-state index >= 15 is 0 Å². The number of allylic oxidation sites excluding steroid dienone is 4. The molecule has 0 heterocycles. The normalized spacial score (nSPS) is 18.9. The molecule has 0 saturated carbocycles. The Kier molecular flexibility index (Phi) is 7.02. The second kappa shape index (κ2) is 8.88. The standard InChI is InChI=1S/C21H25.C10H15.C3H6.2ClH.Zr/c1-20(2,3)16-9-7-14-11-15-8-10-17(21(4,5)6)13-19(15)18(14)12-16;1-8-5-6-9(7-8)10(2,3)4;1-3-2;;;/h7-13H,1-6H3;5-7H,1-4H3;1-2H3;2*1H;/q;;;;;+2/p-2. The first kappa shape index (κ1) is 29.2. The average Bonchev–Trinajstić information content (AvgIpc) is 3.31. The third-order valence-corrected chi connectivity index (χ3v) is 31.9.